The van der Waals surface area contributed by atoms with Gasteiger partial charge in [-0.25, -0.2) is 13.8 Å². The van der Waals surface area contributed by atoms with Crippen LogP contribution in [0.15, 0.2) is 35.7 Å². The van der Waals surface area contributed by atoms with Gasteiger partial charge in [-0.3, -0.25) is 0 Å². The zero-order valence-corrected chi connectivity index (χ0v) is 14.8. The topological polar surface area (TPSA) is 21.1 Å². The van der Waals surface area contributed by atoms with E-state index in [2.05, 4.69) is 9.88 Å². The molecule has 0 atom stereocenters. The first-order valence-electron chi connectivity index (χ1n) is 6.28. The van der Waals surface area contributed by atoms with E-state index in [0.717, 1.165) is 23.5 Å². The highest BCUT2D eigenvalue weighted by Crippen LogP contribution is 2.18. The highest BCUT2D eigenvalue weighted by molar-refractivity contribution is 7.99. The summed E-state index contributed by atoms with van der Waals surface area (Å²) in [7, 11) is 4.03. The molecule has 0 aliphatic rings. The van der Waals surface area contributed by atoms with Crippen molar-refractivity contribution >= 4 is 36.6 Å². The molecule has 1 heterocycles. The first-order chi connectivity index (χ1) is 9.54. The summed E-state index contributed by atoms with van der Waals surface area (Å²) in [6.07, 6.45) is 3.52. The fourth-order valence-electron chi connectivity index (χ4n) is 1.77. The summed E-state index contributed by atoms with van der Waals surface area (Å²) in [5, 5.41) is 0.858. The van der Waals surface area contributed by atoms with E-state index in [-0.39, 0.29) is 24.8 Å². The van der Waals surface area contributed by atoms with Gasteiger partial charge in [-0.15, -0.1) is 24.8 Å². The van der Waals surface area contributed by atoms with Crippen molar-refractivity contribution in [1.82, 2.24) is 14.5 Å². The van der Waals surface area contributed by atoms with Crippen LogP contribution in [-0.2, 0) is 6.54 Å². The average molecular weight is 370 g/mol. The third kappa shape index (κ3) is 6.52. The van der Waals surface area contributed by atoms with E-state index < -0.39 is 11.6 Å². The monoisotopic (exact) mass is 369 g/mol. The summed E-state index contributed by atoms with van der Waals surface area (Å²) in [5.41, 5.74) is 0.593. The van der Waals surface area contributed by atoms with Gasteiger partial charge in [-0.1, -0.05) is 11.8 Å². The summed E-state index contributed by atoms with van der Waals surface area (Å²) >= 11 is 1.63. The summed E-state index contributed by atoms with van der Waals surface area (Å²) in [6.45, 7) is 1.37. The van der Waals surface area contributed by atoms with Gasteiger partial charge in [0.2, 0.25) is 0 Å². The van der Waals surface area contributed by atoms with Crippen LogP contribution in [-0.4, -0.2) is 40.8 Å². The Hall–Kier alpha value is -0.820. The maximum Gasteiger partial charge on any atom is 0.168 e. The van der Waals surface area contributed by atoms with Crippen LogP contribution in [0.5, 0.6) is 0 Å². The first kappa shape index (κ1) is 21.2. The molecule has 0 aliphatic heterocycles. The van der Waals surface area contributed by atoms with E-state index >= 15 is 0 Å². The lowest BCUT2D eigenvalue weighted by Crippen LogP contribution is -2.15. The molecule has 0 spiro atoms. The summed E-state index contributed by atoms with van der Waals surface area (Å²) in [5.74, 6) is -0.189. The largest absolute Gasteiger partial charge is 0.322 e. The molecular weight excluding hydrogens is 351 g/mol. The Morgan fingerprint density at radius 3 is 2.36 bits per heavy atom. The number of thioether (sulfide) groups is 1. The number of hydrogen-bond donors (Lipinski definition) is 0. The average Bonchev–Trinajstić information content (AvgIpc) is 2.75. The molecule has 0 saturated carbocycles. The van der Waals surface area contributed by atoms with E-state index in [1.165, 1.54) is 12.1 Å². The normalized spacial score (nSPS) is 10.2. The van der Waals surface area contributed by atoms with Gasteiger partial charge < -0.3 is 9.47 Å². The van der Waals surface area contributed by atoms with Gasteiger partial charge in [-0.05, 0) is 31.8 Å². The number of imidazole rings is 1. The van der Waals surface area contributed by atoms with Gasteiger partial charge in [0.15, 0.2) is 5.16 Å². The number of aromatic nitrogens is 2. The molecule has 1 aromatic heterocycles. The minimum absolute atomic E-state index is 0. The van der Waals surface area contributed by atoms with Crippen molar-refractivity contribution in [3.05, 3.63) is 47.8 Å². The van der Waals surface area contributed by atoms with Crippen molar-refractivity contribution in [2.75, 3.05) is 26.4 Å². The molecular formula is C14H19Cl2F2N3S. The molecule has 22 heavy (non-hydrogen) atoms. The maximum atomic E-state index is 13.2. The quantitative estimate of drug-likeness (QED) is 0.724. The summed E-state index contributed by atoms with van der Waals surface area (Å²) < 4.78 is 28.2. The third-order valence-corrected chi connectivity index (χ3v) is 3.71. The van der Waals surface area contributed by atoms with Crippen molar-refractivity contribution in [3.8, 4) is 0 Å². The molecule has 0 aliphatic carbocycles. The van der Waals surface area contributed by atoms with Crippen molar-refractivity contribution in [3.63, 3.8) is 0 Å². The predicted octanol–water partition coefficient (Wildman–Crippen LogP) is 3.71. The fraction of sp³-hybridized carbons (Fsp3) is 0.357. The highest BCUT2D eigenvalue weighted by atomic mass is 35.5. The molecule has 0 saturated heterocycles. The zero-order chi connectivity index (χ0) is 14.5. The third-order valence-electron chi connectivity index (χ3n) is 2.72. The Morgan fingerprint density at radius 1 is 1.14 bits per heavy atom. The van der Waals surface area contributed by atoms with Gasteiger partial charge in [0.1, 0.15) is 11.6 Å². The lowest BCUT2D eigenvalue weighted by molar-refractivity contribution is 0.437. The van der Waals surface area contributed by atoms with Gasteiger partial charge in [0, 0.05) is 37.3 Å². The molecule has 0 N–H and O–H groups in total. The van der Waals surface area contributed by atoms with Crippen LogP contribution >= 0.6 is 36.6 Å². The zero-order valence-electron chi connectivity index (χ0n) is 12.3. The minimum Gasteiger partial charge on any atom is -0.322 e. The van der Waals surface area contributed by atoms with Crippen LogP contribution in [0.4, 0.5) is 8.78 Å². The number of nitrogens with zero attached hydrogens (tertiary/aromatic N) is 3. The lowest BCUT2D eigenvalue weighted by atomic mass is 10.2. The van der Waals surface area contributed by atoms with E-state index in [9.17, 15) is 8.78 Å². The molecule has 1 aromatic carbocycles. The predicted molar refractivity (Wildman–Crippen MR) is 91.5 cm³/mol. The minimum atomic E-state index is -0.554. The summed E-state index contributed by atoms with van der Waals surface area (Å²) in [4.78, 5) is 6.37. The molecule has 2 rings (SSSR count). The Bertz CT molecular complexity index is 559. The van der Waals surface area contributed by atoms with E-state index in [1.807, 2.05) is 24.9 Å². The first-order valence-corrected chi connectivity index (χ1v) is 7.27. The fourth-order valence-corrected chi connectivity index (χ4v) is 2.84. The molecule has 0 unspecified atom stereocenters. The molecule has 0 amide bonds. The molecule has 0 radical (unpaired) electrons. The van der Waals surface area contributed by atoms with Gasteiger partial charge >= 0.3 is 0 Å². The smallest absolute Gasteiger partial charge is 0.168 e. The van der Waals surface area contributed by atoms with Gasteiger partial charge in [0.25, 0.3) is 0 Å². The second-order valence-corrected chi connectivity index (χ2v) is 5.83. The molecule has 0 bridgehead atoms. The Kier molecular flexibility index (Phi) is 9.67. The van der Waals surface area contributed by atoms with Crippen molar-refractivity contribution in [2.45, 2.75) is 11.7 Å². The van der Waals surface area contributed by atoms with Gasteiger partial charge in [-0.2, -0.15) is 0 Å². The number of benzene rings is 1. The SMILES string of the molecule is CN(C)CCSc1nccn1Cc1cc(F)cc(F)c1.Cl.Cl. The van der Waals surface area contributed by atoms with E-state index in [1.54, 1.807) is 18.0 Å². The van der Waals surface area contributed by atoms with Crippen LogP contribution in [0.2, 0.25) is 0 Å². The molecule has 0 fully saturated rings. The Labute approximate surface area is 145 Å². The van der Waals surface area contributed by atoms with Crippen LogP contribution in [0.25, 0.3) is 0 Å². The molecule has 2 aromatic rings. The Balaban J connectivity index is 0.00000220. The molecule has 3 nitrogen and oxygen atoms in total. The number of hydrogen-bond acceptors (Lipinski definition) is 3. The second-order valence-electron chi connectivity index (χ2n) is 4.77. The highest BCUT2D eigenvalue weighted by Gasteiger charge is 2.06. The van der Waals surface area contributed by atoms with Crippen LogP contribution < -0.4 is 0 Å². The Morgan fingerprint density at radius 2 is 1.77 bits per heavy atom. The van der Waals surface area contributed by atoms with Crippen LogP contribution in [0, 0.1) is 11.6 Å². The van der Waals surface area contributed by atoms with Gasteiger partial charge in [0.05, 0.1) is 0 Å². The van der Waals surface area contributed by atoms with Crippen molar-refractivity contribution in [1.29, 1.82) is 0 Å². The summed E-state index contributed by atoms with van der Waals surface area (Å²) in [6, 6.07) is 3.57. The van der Waals surface area contributed by atoms with E-state index in [4.69, 9.17) is 0 Å². The van der Waals surface area contributed by atoms with Crippen molar-refractivity contribution < 1.29 is 8.78 Å². The van der Waals surface area contributed by atoms with Crippen LogP contribution in [0.3, 0.4) is 0 Å². The molecule has 8 heteroatoms. The standard InChI is InChI=1S/C14H17F2N3S.2ClH/c1-18(2)5-6-20-14-17-3-4-19(14)10-11-7-12(15)9-13(16)8-11;;/h3-4,7-9H,5-6,10H2,1-2H3;2*1H. The lowest BCUT2D eigenvalue weighted by Gasteiger charge is -2.10. The van der Waals surface area contributed by atoms with Crippen LogP contribution in [0.1, 0.15) is 5.56 Å². The number of rotatable bonds is 6. The molecule has 124 valence electrons. The van der Waals surface area contributed by atoms with E-state index in [0.29, 0.717) is 12.1 Å². The second kappa shape index (κ2) is 10.0. The van der Waals surface area contributed by atoms with Crippen molar-refractivity contribution in [2.24, 2.45) is 0 Å². The number of halogens is 4. The maximum absolute atomic E-state index is 13.2.